The molecule has 4 nitrogen and oxygen atoms in total. The smallest absolute Gasteiger partial charge is 0.225 e. The average Bonchev–Trinajstić information content (AvgIpc) is 2.25. The van der Waals surface area contributed by atoms with E-state index in [1.807, 2.05) is 6.07 Å². The van der Waals surface area contributed by atoms with Crippen LogP contribution in [-0.2, 0) is 4.79 Å². The molecule has 0 aliphatic heterocycles. The second-order valence-electron chi connectivity index (χ2n) is 2.47. The Bertz CT molecular complexity index is 333. The lowest BCUT2D eigenvalue weighted by Gasteiger charge is -1.95. The number of carbonyl (C=O) groups excluding carboxylic acids is 2. The van der Waals surface area contributed by atoms with Crippen LogP contribution in [0.15, 0.2) is 42.6 Å². The first-order valence-electron chi connectivity index (χ1n) is 4.05. The number of hydrogen-bond acceptors (Lipinski definition) is 3. The van der Waals surface area contributed by atoms with Crippen molar-refractivity contribution in [3.05, 3.63) is 48.2 Å². The Morgan fingerprint density at radius 2 is 1.86 bits per heavy atom. The predicted molar refractivity (Wildman–Crippen MR) is 52.2 cm³/mol. The third-order valence-corrected chi connectivity index (χ3v) is 1.52. The van der Waals surface area contributed by atoms with Crippen molar-refractivity contribution in [1.82, 2.24) is 10.9 Å². The summed E-state index contributed by atoms with van der Waals surface area (Å²) in [7, 11) is 0. The minimum Gasteiger partial charge on any atom is -0.306 e. The number of hydrogen-bond donors (Lipinski definition) is 2. The lowest BCUT2D eigenvalue weighted by atomic mass is 10.1. The van der Waals surface area contributed by atoms with Crippen molar-refractivity contribution in [2.45, 2.75) is 0 Å². The highest BCUT2D eigenvalue weighted by molar-refractivity contribution is 6.04. The van der Waals surface area contributed by atoms with Gasteiger partial charge in [0.2, 0.25) is 6.41 Å². The molecule has 14 heavy (non-hydrogen) atoms. The molecule has 0 radical (unpaired) electrons. The summed E-state index contributed by atoms with van der Waals surface area (Å²) in [4.78, 5) is 21.2. The number of carbonyl (C=O) groups is 2. The van der Waals surface area contributed by atoms with Crippen molar-refractivity contribution in [3.8, 4) is 0 Å². The Balaban J connectivity index is 2.51. The Morgan fingerprint density at radius 3 is 2.50 bits per heavy atom. The molecule has 0 atom stereocenters. The molecule has 0 bridgehead atoms. The first kappa shape index (κ1) is 9.98. The topological polar surface area (TPSA) is 58.2 Å². The number of allylic oxidation sites excluding steroid dienone is 1. The summed E-state index contributed by atoms with van der Waals surface area (Å²) in [5.74, 6) is -0.120. The van der Waals surface area contributed by atoms with Crippen LogP contribution < -0.4 is 10.9 Å². The van der Waals surface area contributed by atoms with Crippen molar-refractivity contribution >= 4 is 12.2 Å². The van der Waals surface area contributed by atoms with Crippen molar-refractivity contribution in [2.75, 3.05) is 0 Å². The number of hydrazine groups is 1. The lowest BCUT2D eigenvalue weighted by Crippen LogP contribution is -2.24. The molecule has 0 unspecified atom stereocenters. The maximum absolute atomic E-state index is 11.4. The molecule has 2 N–H and O–H groups in total. The van der Waals surface area contributed by atoms with Crippen LogP contribution in [0.2, 0.25) is 0 Å². The van der Waals surface area contributed by atoms with Crippen LogP contribution in [0, 0.1) is 0 Å². The van der Waals surface area contributed by atoms with Gasteiger partial charge in [-0.1, -0.05) is 30.3 Å². The summed E-state index contributed by atoms with van der Waals surface area (Å²) in [6.45, 7) is 0. The predicted octanol–water partition coefficient (Wildman–Crippen LogP) is 0.634. The van der Waals surface area contributed by atoms with E-state index in [0.29, 0.717) is 12.0 Å². The fourth-order valence-electron chi connectivity index (χ4n) is 0.898. The van der Waals surface area contributed by atoms with Gasteiger partial charge in [0.1, 0.15) is 0 Å². The van der Waals surface area contributed by atoms with E-state index in [4.69, 9.17) is 0 Å². The first-order valence-corrected chi connectivity index (χ1v) is 4.05. The van der Waals surface area contributed by atoms with Crippen molar-refractivity contribution in [3.63, 3.8) is 0 Å². The first-order chi connectivity index (χ1) is 6.84. The van der Waals surface area contributed by atoms with E-state index in [1.54, 1.807) is 24.3 Å². The van der Waals surface area contributed by atoms with Gasteiger partial charge in [0.15, 0.2) is 5.78 Å². The molecule has 0 aliphatic carbocycles. The number of nitrogens with one attached hydrogen (secondary N) is 2. The van der Waals surface area contributed by atoms with Crippen LogP contribution in [0.25, 0.3) is 0 Å². The largest absolute Gasteiger partial charge is 0.306 e. The highest BCUT2D eigenvalue weighted by atomic mass is 16.1. The van der Waals surface area contributed by atoms with Crippen molar-refractivity contribution < 1.29 is 9.59 Å². The molecule has 0 aliphatic rings. The summed E-state index contributed by atoms with van der Waals surface area (Å²) in [5, 5.41) is 0. The van der Waals surface area contributed by atoms with Gasteiger partial charge >= 0.3 is 0 Å². The fraction of sp³-hybridized carbons (Fsp3) is 0. The maximum atomic E-state index is 11.4. The maximum Gasteiger partial charge on any atom is 0.225 e. The van der Waals surface area contributed by atoms with Crippen LogP contribution >= 0.6 is 0 Å². The zero-order chi connectivity index (χ0) is 10.2. The minimum absolute atomic E-state index is 0.120. The summed E-state index contributed by atoms with van der Waals surface area (Å²) in [6.07, 6.45) is 3.19. The van der Waals surface area contributed by atoms with Gasteiger partial charge in [-0.05, 0) is 0 Å². The van der Waals surface area contributed by atoms with Gasteiger partial charge in [-0.25, -0.2) is 0 Å². The highest BCUT2D eigenvalue weighted by Gasteiger charge is 1.97. The molecule has 0 saturated heterocycles. The molecule has 1 aromatic rings. The zero-order valence-electron chi connectivity index (χ0n) is 7.44. The second-order valence-corrected chi connectivity index (χ2v) is 2.47. The van der Waals surface area contributed by atoms with Crippen molar-refractivity contribution in [1.29, 1.82) is 0 Å². The third kappa shape index (κ3) is 3.10. The Labute approximate surface area is 81.6 Å². The molecule has 0 saturated carbocycles. The van der Waals surface area contributed by atoms with Gasteiger partial charge in [0, 0.05) is 17.8 Å². The van der Waals surface area contributed by atoms with Gasteiger partial charge in [-0.15, -0.1) is 0 Å². The van der Waals surface area contributed by atoms with E-state index in [-0.39, 0.29) is 5.78 Å². The van der Waals surface area contributed by atoms with Crippen LogP contribution in [-0.4, -0.2) is 12.2 Å². The molecule has 0 fully saturated rings. The Hall–Kier alpha value is -2.10. The molecule has 72 valence electrons. The van der Waals surface area contributed by atoms with E-state index in [9.17, 15) is 9.59 Å². The summed E-state index contributed by atoms with van der Waals surface area (Å²) < 4.78 is 0. The van der Waals surface area contributed by atoms with E-state index in [1.165, 1.54) is 12.3 Å². The molecule has 1 aromatic carbocycles. The Kier molecular flexibility index (Phi) is 3.94. The molecule has 1 amide bonds. The number of rotatable bonds is 5. The zero-order valence-corrected chi connectivity index (χ0v) is 7.44. The average molecular weight is 190 g/mol. The standard InChI is InChI=1S/C10H10N2O2/c13-8-12-11-7-6-10(14)9-4-2-1-3-5-9/h1-8,11H,(H,12,13)/b7-6-. The Morgan fingerprint density at radius 1 is 1.14 bits per heavy atom. The number of ketones is 1. The van der Waals surface area contributed by atoms with Gasteiger partial charge in [0.05, 0.1) is 0 Å². The fourth-order valence-corrected chi connectivity index (χ4v) is 0.898. The van der Waals surface area contributed by atoms with Crippen LogP contribution in [0.5, 0.6) is 0 Å². The molecule has 1 rings (SSSR count). The van der Waals surface area contributed by atoms with Gasteiger partial charge in [0.25, 0.3) is 0 Å². The molecule has 0 spiro atoms. The van der Waals surface area contributed by atoms with E-state index >= 15 is 0 Å². The van der Waals surface area contributed by atoms with Crippen molar-refractivity contribution in [2.24, 2.45) is 0 Å². The summed E-state index contributed by atoms with van der Waals surface area (Å²) in [5.41, 5.74) is 5.21. The van der Waals surface area contributed by atoms with Crippen LogP contribution in [0.4, 0.5) is 0 Å². The number of benzene rings is 1. The van der Waals surface area contributed by atoms with E-state index < -0.39 is 0 Å². The SMILES string of the molecule is O=CNN/C=C\C(=O)c1ccccc1. The number of amides is 1. The van der Waals surface area contributed by atoms with E-state index in [2.05, 4.69) is 10.9 Å². The molecular weight excluding hydrogens is 180 g/mol. The quantitative estimate of drug-likeness (QED) is 0.235. The van der Waals surface area contributed by atoms with Gasteiger partial charge in [-0.2, -0.15) is 0 Å². The lowest BCUT2D eigenvalue weighted by molar-refractivity contribution is -0.110. The van der Waals surface area contributed by atoms with Gasteiger partial charge < -0.3 is 5.43 Å². The third-order valence-electron chi connectivity index (χ3n) is 1.52. The summed E-state index contributed by atoms with van der Waals surface area (Å²) in [6, 6.07) is 8.86. The molecular formula is C10H10N2O2. The highest BCUT2D eigenvalue weighted by Crippen LogP contribution is 1.99. The van der Waals surface area contributed by atoms with Crippen LogP contribution in [0.3, 0.4) is 0 Å². The van der Waals surface area contributed by atoms with Crippen LogP contribution in [0.1, 0.15) is 10.4 Å². The molecule has 0 aromatic heterocycles. The van der Waals surface area contributed by atoms with Gasteiger partial charge in [-0.3, -0.25) is 15.0 Å². The normalized spacial score (nSPS) is 9.71. The summed E-state index contributed by atoms with van der Waals surface area (Å²) >= 11 is 0. The monoisotopic (exact) mass is 190 g/mol. The molecule has 4 heteroatoms. The molecule has 0 heterocycles. The second kappa shape index (κ2) is 5.53. The minimum atomic E-state index is -0.120. The van der Waals surface area contributed by atoms with E-state index in [0.717, 1.165) is 0 Å².